The fourth-order valence-corrected chi connectivity index (χ4v) is 3.57. The first-order valence-corrected chi connectivity index (χ1v) is 10.4. The molecule has 6 heteroatoms. The smallest absolute Gasteiger partial charge is 0.253 e. The van der Waals surface area contributed by atoms with Gasteiger partial charge in [-0.15, -0.1) is 0 Å². The Kier molecular flexibility index (Phi) is 7.53. The van der Waals surface area contributed by atoms with Gasteiger partial charge in [-0.25, -0.2) is 0 Å². The summed E-state index contributed by atoms with van der Waals surface area (Å²) in [6.45, 7) is 4.56. The van der Waals surface area contributed by atoms with Gasteiger partial charge in [-0.1, -0.05) is 23.7 Å². The first-order valence-electron chi connectivity index (χ1n) is 10.1. The maximum atomic E-state index is 12.3. The van der Waals surface area contributed by atoms with Crippen LogP contribution in [0.2, 0.25) is 5.02 Å². The number of amides is 2. The summed E-state index contributed by atoms with van der Waals surface area (Å²) in [5, 5.41) is 3.60. The minimum Gasteiger partial charge on any atom is -0.493 e. The highest BCUT2D eigenvalue weighted by Crippen LogP contribution is 2.22. The molecule has 0 bridgehead atoms. The lowest BCUT2D eigenvalue weighted by molar-refractivity contribution is -0.121. The largest absolute Gasteiger partial charge is 0.493 e. The predicted octanol–water partition coefficient (Wildman–Crippen LogP) is 4.36. The van der Waals surface area contributed by atoms with E-state index in [0.717, 1.165) is 42.8 Å². The van der Waals surface area contributed by atoms with Crippen LogP contribution in [0.15, 0.2) is 42.5 Å². The van der Waals surface area contributed by atoms with Crippen molar-refractivity contribution in [1.82, 2.24) is 10.2 Å². The molecule has 0 atom stereocenters. The summed E-state index contributed by atoms with van der Waals surface area (Å²) in [6.07, 6.45) is 3.20. The van der Waals surface area contributed by atoms with Gasteiger partial charge in [-0.2, -0.15) is 0 Å². The van der Waals surface area contributed by atoms with Crippen LogP contribution >= 0.6 is 11.6 Å². The monoisotopic (exact) mass is 414 g/mol. The van der Waals surface area contributed by atoms with Crippen LogP contribution in [0.4, 0.5) is 0 Å². The fraction of sp³-hybridized carbons (Fsp3) is 0.391. The molecule has 0 aromatic heterocycles. The topological polar surface area (TPSA) is 58.6 Å². The molecule has 0 radical (unpaired) electrons. The molecular formula is C23H27ClN2O3. The molecule has 1 aliphatic heterocycles. The summed E-state index contributed by atoms with van der Waals surface area (Å²) in [4.78, 5) is 26.3. The van der Waals surface area contributed by atoms with E-state index in [-0.39, 0.29) is 11.8 Å². The number of halogens is 1. The Morgan fingerprint density at radius 1 is 1.10 bits per heavy atom. The van der Waals surface area contributed by atoms with E-state index in [9.17, 15) is 9.59 Å². The lowest BCUT2D eigenvalue weighted by Gasteiger charge is -2.15. The van der Waals surface area contributed by atoms with Gasteiger partial charge in [0.2, 0.25) is 5.91 Å². The number of rotatable bonds is 8. The molecule has 3 rings (SSSR count). The molecule has 0 aliphatic carbocycles. The summed E-state index contributed by atoms with van der Waals surface area (Å²) >= 11 is 5.93. The van der Waals surface area contributed by atoms with Gasteiger partial charge in [0.15, 0.2) is 0 Å². The summed E-state index contributed by atoms with van der Waals surface area (Å²) in [5.41, 5.74) is 2.66. The molecule has 29 heavy (non-hydrogen) atoms. The standard InChI is InChI=1S/C23H27ClN2O3/c1-17-15-20(24)10-11-21(17)29-14-4-5-22(27)25-16-18-6-8-19(9-7-18)23(28)26-12-2-3-13-26/h6-11,15H,2-5,12-14,16H2,1H3,(H,25,27). The molecule has 1 N–H and O–H groups in total. The number of carbonyl (C=O) groups excluding carboxylic acids is 2. The van der Waals surface area contributed by atoms with Crippen molar-refractivity contribution in [3.8, 4) is 5.75 Å². The molecule has 2 aromatic carbocycles. The van der Waals surface area contributed by atoms with E-state index in [1.165, 1.54) is 0 Å². The maximum absolute atomic E-state index is 12.3. The first-order chi connectivity index (χ1) is 14.0. The first kappa shape index (κ1) is 21.2. The van der Waals surface area contributed by atoms with Gasteiger partial charge in [0, 0.05) is 36.6 Å². The van der Waals surface area contributed by atoms with Crippen molar-refractivity contribution in [2.24, 2.45) is 0 Å². The van der Waals surface area contributed by atoms with E-state index >= 15 is 0 Å². The molecule has 0 unspecified atom stereocenters. The van der Waals surface area contributed by atoms with Gasteiger partial charge in [0.25, 0.3) is 5.91 Å². The molecule has 0 spiro atoms. The van der Waals surface area contributed by atoms with Crippen LogP contribution in [-0.2, 0) is 11.3 Å². The third-order valence-electron chi connectivity index (χ3n) is 5.03. The molecule has 1 saturated heterocycles. The maximum Gasteiger partial charge on any atom is 0.253 e. The van der Waals surface area contributed by atoms with Crippen LogP contribution < -0.4 is 10.1 Å². The molecule has 2 amide bonds. The molecule has 1 heterocycles. The second-order valence-corrected chi connectivity index (χ2v) is 7.77. The average molecular weight is 415 g/mol. The minimum absolute atomic E-state index is 0.0151. The quantitative estimate of drug-likeness (QED) is 0.653. The minimum atomic E-state index is -0.0151. The second-order valence-electron chi connectivity index (χ2n) is 7.33. The van der Waals surface area contributed by atoms with Gasteiger partial charge >= 0.3 is 0 Å². The van der Waals surface area contributed by atoms with Crippen molar-refractivity contribution >= 4 is 23.4 Å². The molecule has 5 nitrogen and oxygen atoms in total. The van der Waals surface area contributed by atoms with Crippen LogP contribution in [0.5, 0.6) is 5.75 Å². The van der Waals surface area contributed by atoms with Gasteiger partial charge in [-0.3, -0.25) is 9.59 Å². The summed E-state index contributed by atoms with van der Waals surface area (Å²) < 4.78 is 5.71. The van der Waals surface area contributed by atoms with Crippen molar-refractivity contribution in [3.63, 3.8) is 0 Å². The van der Waals surface area contributed by atoms with Gasteiger partial charge in [-0.05, 0) is 67.6 Å². The zero-order chi connectivity index (χ0) is 20.6. The van der Waals surface area contributed by atoms with Crippen molar-refractivity contribution in [1.29, 1.82) is 0 Å². The SMILES string of the molecule is Cc1cc(Cl)ccc1OCCCC(=O)NCc1ccc(C(=O)N2CCCC2)cc1. The van der Waals surface area contributed by atoms with Crippen molar-refractivity contribution in [2.45, 2.75) is 39.2 Å². The number of hydrogen-bond donors (Lipinski definition) is 1. The Balaban J connectivity index is 1.36. The number of aryl methyl sites for hydroxylation is 1. The van der Waals surface area contributed by atoms with Crippen LogP contribution in [0, 0.1) is 6.92 Å². The number of carbonyl (C=O) groups is 2. The number of likely N-dealkylation sites (tertiary alicyclic amines) is 1. The van der Waals surface area contributed by atoms with E-state index in [4.69, 9.17) is 16.3 Å². The normalized spacial score (nSPS) is 13.4. The Morgan fingerprint density at radius 2 is 1.83 bits per heavy atom. The number of nitrogens with zero attached hydrogens (tertiary/aromatic N) is 1. The molecular weight excluding hydrogens is 388 g/mol. The van der Waals surface area contributed by atoms with E-state index in [0.29, 0.717) is 36.6 Å². The number of ether oxygens (including phenoxy) is 1. The molecule has 1 fully saturated rings. The zero-order valence-corrected chi connectivity index (χ0v) is 17.5. The van der Waals surface area contributed by atoms with Crippen molar-refractivity contribution in [3.05, 3.63) is 64.2 Å². The Labute approximate surface area is 177 Å². The highest BCUT2D eigenvalue weighted by Gasteiger charge is 2.19. The average Bonchev–Trinajstić information content (AvgIpc) is 3.25. The van der Waals surface area contributed by atoms with E-state index in [2.05, 4.69) is 5.32 Å². The van der Waals surface area contributed by atoms with Crippen LogP contribution in [0.25, 0.3) is 0 Å². The third-order valence-corrected chi connectivity index (χ3v) is 5.26. The van der Waals surface area contributed by atoms with Gasteiger partial charge in [0.05, 0.1) is 6.61 Å². The number of hydrogen-bond acceptors (Lipinski definition) is 3. The zero-order valence-electron chi connectivity index (χ0n) is 16.7. The summed E-state index contributed by atoms with van der Waals surface area (Å²) in [7, 11) is 0. The predicted molar refractivity (Wildman–Crippen MR) is 114 cm³/mol. The van der Waals surface area contributed by atoms with Crippen molar-refractivity contribution < 1.29 is 14.3 Å². The van der Waals surface area contributed by atoms with E-state index in [1.54, 1.807) is 6.07 Å². The van der Waals surface area contributed by atoms with Crippen molar-refractivity contribution in [2.75, 3.05) is 19.7 Å². The third kappa shape index (κ3) is 6.23. The second kappa shape index (κ2) is 10.3. The van der Waals surface area contributed by atoms with Crippen LogP contribution in [0.3, 0.4) is 0 Å². The van der Waals surface area contributed by atoms with E-state index < -0.39 is 0 Å². The highest BCUT2D eigenvalue weighted by molar-refractivity contribution is 6.30. The Hall–Kier alpha value is -2.53. The molecule has 154 valence electrons. The fourth-order valence-electron chi connectivity index (χ4n) is 3.35. The summed E-state index contributed by atoms with van der Waals surface area (Å²) in [5.74, 6) is 0.867. The van der Waals surface area contributed by atoms with Crippen LogP contribution in [0.1, 0.15) is 47.2 Å². The van der Waals surface area contributed by atoms with Gasteiger partial charge < -0.3 is 15.0 Å². The Bertz CT molecular complexity index is 846. The number of nitrogens with one attached hydrogen (secondary N) is 1. The number of benzene rings is 2. The molecule has 2 aromatic rings. The summed E-state index contributed by atoms with van der Waals surface area (Å²) in [6, 6.07) is 13.0. The Morgan fingerprint density at radius 3 is 2.52 bits per heavy atom. The lowest BCUT2D eigenvalue weighted by atomic mass is 10.1. The molecule has 1 aliphatic rings. The van der Waals surface area contributed by atoms with Gasteiger partial charge in [0.1, 0.15) is 5.75 Å². The lowest BCUT2D eigenvalue weighted by Crippen LogP contribution is -2.27. The molecule has 0 saturated carbocycles. The van der Waals surface area contributed by atoms with Crippen LogP contribution in [-0.4, -0.2) is 36.4 Å². The van der Waals surface area contributed by atoms with E-state index in [1.807, 2.05) is 48.2 Å². The highest BCUT2D eigenvalue weighted by atomic mass is 35.5.